The number of fused-ring (bicyclic) bond motifs is 1. The number of nitriles is 1. The molecule has 1 aliphatic heterocycles. The number of hydrogen-bond acceptors (Lipinski definition) is 6. The Morgan fingerprint density at radius 3 is 2.41 bits per heavy atom. The predicted molar refractivity (Wildman–Crippen MR) is 125 cm³/mol. The van der Waals surface area contributed by atoms with Crippen LogP contribution in [0.3, 0.4) is 0 Å². The quantitative estimate of drug-likeness (QED) is 0.680. The lowest BCUT2D eigenvalue weighted by molar-refractivity contribution is -0.130. The summed E-state index contributed by atoms with van der Waals surface area (Å²) in [4.78, 5) is 24.2. The van der Waals surface area contributed by atoms with E-state index in [9.17, 15) is 4.79 Å². The maximum atomic E-state index is 11.9. The summed E-state index contributed by atoms with van der Waals surface area (Å²) in [5.41, 5.74) is 7.88. The molecule has 1 amide bonds. The lowest BCUT2D eigenvalue weighted by atomic mass is 10.1. The monoisotopic (exact) mass is 431 g/mol. The van der Waals surface area contributed by atoms with Crippen LogP contribution in [-0.4, -0.2) is 51.5 Å². The summed E-state index contributed by atoms with van der Waals surface area (Å²) in [7, 11) is 0. The number of anilines is 2. The topological polar surface area (TPSA) is 104 Å². The van der Waals surface area contributed by atoms with Gasteiger partial charge in [0.05, 0.1) is 11.6 Å². The first-order chi connectivity index (χ1) is 15.7. The summed E-state index contributed by atoms with van der Waals surface area (Å²) in [5, 5.41) is 9.82. The van der Waals surface area contributed by atoms with E-state index in [4.69, 9.17) is 11.0 Å². The van der Waals surface area contributed by atoms with Gasteiger partial charge in [0.25, 0.3) is 0 Å². The van der Waals surface area contributed by atoms with E-state index in [0.29, 0.717) is 13.1 Å². The first-order valence-corrected chi connectivity index (χ1v) is 11.3. The van der Waals surface area contributed by atoms with E-state index in [-0.39, 0.29) is 18.3 Å². The second kappa shape index (κ2) is 10.1. The van der Waals surface area contributed by atoms with Crippen molar-refractivity contribution in [2.75, 3.05) is 36.8 Å². The third-order valence-corrected chi connectivity index (χ3v) is 6.07. The van der Waals surface area contributed by atoms with Crippen molar-refractivity contribution in [1.29, 1.82) is 5.26 Å². The first-order valence-electron chi connectivity index (χ1n) is 11.3. The van der Waals surface area contributed by atoms with Crippen molar-refractivity contribution in [1.82, 2.24) is 19.4 Å². The van der Waals surface area contributed by atoms with Gasteiger partial charge < -0.3 is 20.1 Å². The Kier molecular flexibility index (Phi) is 6.85. The van der Waals surface area contributed by atoms with Crippen LogP contribution in [0.1, 0.15) is 38.5 Å². The second-order valence-corrected chi connectivity index (χ2v) is 8.14. The third-order valence-electron chi connectivity index (χ3n) is 6.07. The van der Waals surface area contributed by atoms with Gasteiger partial charge in [-0.05, 0) is 24.3 Å². The van der Waals surface area contributed by atoms with Crippen LogP contribution in [0.25, 0.3) is 16.7 Å². The number of piperazine rings is 1. The highest BCUT2D eigenvalue weighted by Gasteiger charge is 2.22. The fourth-order valence-electron chi connectivity index (χ4n) is 4.38. The van der Waals surface area contributed by atoms with E-state index < -0.39 is 0 Å². The summed E-state index contributed by atoms with van der Waals surface area (Å²) in [5.74, 6) is 0.869. The molecule has 0 radical (unpaired) electrons. The van der Waals surface area contributed by atoms with Gasteiger partial charge in [0, 0.05) is 49.6 Å². The highest BCUT2D eigenvalue weighted by molar-refractivity contribution is 5.94. The number of amides is 1. The van der Waals surface area contributed by atoms with Crippen LogP contribution in [0, 0.1) is 11.3 Å². The van der Waals surface area contributed by atoms with Gasteiger partial charge in [-0.3, -0.25) is 4.79 Å². The molecule has 0 atom stereocenters. The van der Waals surface area contributed by atoms with Crippen molar-refractivity contribution in [2.45, 2.75) is 38.5 Å². The Bertz CT molecular complexity index is 1100. The van der Waals surface area contributed by atoms with Crippen LogP contribution in [0.4, 0.5) is 11.6 Å². The summed E-state index contributed by atoms with van der Waals surface area (Å²) in [6.07, 6.45) is 11.1. The van der Waals surface area contributed by atoms with Crippen molar-refractivity contribution in [3.63, 3.8) is 0 Å². The molecule has 3 aromatic rings. The SMILES string of the molecule is C1CCCC1.N#CCC(=O)N1CCN(c2cccc3c2ccn3-c2ccnc(N)n2)CC1. The van der Waals surface area contributed by atoms with Gasteiger partial charge in [0.2, 0.25) is 11.9 Å². The minimum Gasteiger partial charge on any atom is -0.368 e. The molecule has 0 unspecified atom stereocenters. The molecule has 1 saturated carbocycles. The molecule has 3 heterocycles. The molecular formula is C24H29N7O. The van der Waals surface area contributed by atoms with Crippen LogP contribution < -0.4 is 10.6 Å². The molecule has 2 aliphatic rings. The van der Waals surface area contributed by atoms with Gasteiger partial charge in [-0.1, -0.05) is 38.2 Å². The fourth-order valence-corrected chi connectivity index (χ4v) is 4.38. The molecule has 2 N–H and O–H groups in total. The number of nitrogens with zero attached hydrogens (tertiary/aromatic N) is 6. The third kappa shape index (κ3) is 4.83. The number of benzene rings is 1. The Morgan fingerprint density at radius 2 is 1.75 bits per heavy atom. The Morgan fingerprint density at radius 1 is 1.03 bits per heavy atom. The number of carbonyl (C=O) groups excluding carboxylic acids is 1. The largest absolute Gasteiger partial charge is 0.368 e. The van der Waals surface area contributed by atoms with E-state index in [0.717, 1.165) is 35.5 Å². The van der Waals surface area contributed by atoms with Crippen molar-refractivity contribution in [3.8, 4) is 11.9 Å². The van der Waals surface area contributed by atoms with Crippen LogP contribution in [0.5, 0.6) is 0 Å². The lowest BCUT2D eigenvalue weighted by Crippen LogP contribution is -2.48. The molecule has 2 fully saturated rings. The minimum atomic E-state index is -0.0946. The molecule has 1 saturated heterocycles. The number of carbonyl (C=O) groups is 1. The number of nitrogen functional groups attached to an aromatic ring is 1. The predicted octanol–water partition coefficient (Wildman–Crippen LogP) is 3.52. The van der Waals surface area contributed by atoms with Crippen LogP contribution >= 0.6 is 0 Å². The van der Waals surface area contributed by atoms with Gasteiger partial charge in [-0.15, -0.1) is 0 Å². The summed E-state index contributed by atoms with van der Waals surface area (Å²) >= 11 is 0. The molecule has 166 valence electrons. The Hall–Kier alpha value is -3.60. The summed E-state index contributed by atoms with van der Waals surface area (Å²) < 4.78 is 1.99. The molecular weight excluding hydrogens is 402 g/mol. The van der Waals surface area contributed by atoms with E-state index in [1.807, 2.05) is 35.0 Å². The van der Waals surface area contributed by atoms with Gasteiger partial charge in [0.1, 0.15) is 12.2 Å². The highest BCUT2D eigenvalue weighted by Crippen LogP contribution is 2.30. The second-order valence-electron chi connectivity index (χ2n) is 8.14. The molecule has 0 spiro atoms. The average molecular weight is 432 g/mol. The van der Waals surface area contributed by atoms with Crippen molar-refractivity contribution >= 4 is 28.4 Å². The Labute approximate surface area is 188 Å². The summed E-state index contributed by atoms with van der Waals surface area (Å²) in [6, 6.07) is 12.0. The van der Waals surface area contributed by atoms with E-state index in [1.165, 1.54) is 32.1 Å². The molecule has 5 rings (SSSR count). The van der Waals surface area contributed by atoms with E-state index in [2.05, 4.69) is 27.0 Å². The van der Waals surface area contributed by atoms with E-state index >= 15 is 0 Å². The average Bonchev–Trinajstić information content (AvgIpc) is 3.53. The molecule has 1 aromatic carbocycles. The molecule has 8 heteroatoms. The smallest absolute Gasteiger partial charge is 0.236 e. The van der Waals surface area contributed by atoms with Gasteiger partial charge in [0.15, 0.2) is 0 Å². The number of nitrogens with two attached hydrogens (primary N) is 1. The van der Waals surface area contributed by atoms with Crippen molar-refractivity contribution in [2.24, 2.45) is 0 Å². The van der Waals surface area contributed by atoms with Crippen LogP contribution in [0.2, 0.25) is 0 Å². The normalized spacial score (nSPS) is 15.8. The molecule has 8 nitrogen and oxygen atoms in total. The maximum absolute atomic E-state index is 11.9. The number of aromatic nitrogens is 3. The van der Waals surface area contributed by atoms with Crippen molar-refractivity contribution < 1.29 is 4.79 Å². The van der Waals surface area contributed by atoms with Gasteiger partial charge in [-0.2, -0.15) is 10.2 Å². The zero-order chi connectivity index (χ0) is 22.3. The highest BCUT2D eigenvalue weighted by atomic mass is 16.2. The van der Waals surface area contributed by atoms with Crippen LogP contribution in [-0.2, 0) is 4.79 Å². The van der Waals surface area contributed by atoms with Gasteiger partial charge >= 0.3 is 0 Å². The molecule has 0 bridgehead atoms. The molecule has 32 heavy (non-hydrogen) atoms. The number of hydrogen-bond donors (Lipinski definition) is 1. The zero-order valence-corrected chi connectivity index (χ0v) is 18.3. The standard InChI is InChI=1S/C19H19N7O.C5H10/c20-7-4-18(27)25-12-10-24(11-13-25)15-2-1-3-16-14(15)6-9-26(16)17-5-8-22-19(21)23-17;1-2-4-5-3-1/h1-3,5-6,8-9H,4,10-13H2,(H2,21,22,23);1-5H2. The molecule has 1 aliphatic carbocycles. The van der Waals surface area contributed by atoms with Crippen LogP contribution in [0.15, 0.2) is 42.7 Å². The summed E-state index contributed by atoms with van der Waals surface area (Å²) in [6.45, 7) is 2.73. The van der Waals surface area contributed by atoms with Gasteiger partial charge in [-0.25, -0.2) is 4.98 Å². The zero-order valence-electron chi connectivity index (χ0n) is 18.3. The lowest BCUT2D eigenvalue weighted by Gasteiger charge is -2.36. The fraction of sp³-hybridized carbons (Fsp3) is 0.417. The molecule has 2 aromatic heterocycles. The first kappa shape index (κ1) is 21.6. The van der Waals surface area contributed by atoms with Crippen molar-refractivity contribution in [3.05, 3.63) is 42.7 Å². The van der Waals surface area contributed by atoms with E-state index in [1.54, 1.807) is 11.1 Å². The minimum absolute atomic E-state index is 0.0551. The Balaban J connectivity index is 0.000000433. The number of rotatable bonds is 3. The maximum Gasteiger partial charge on any atom is 0.236 e.